The van der Waals surface area contributed by atoms with Crippen LogP contribution in [0.2, 0.25) is 0 Å². The van der Waals surface area contributed by atoms with Crippen LogP contribution in [0, 0.1) is 0 Å². The Morgan fingerprint density at radius 1 is 1.75 bits per heavy atom. The third-order valence-electron chi connectivity index (χ3n) is 0.422. The zero-order chi connectivity index (χ0) is 6.41. The molecule has 2 unspecified atom stereocenters. The van der Waals surface area contributed by atoms with E-state index in [1.165, 1.54) is 0 Å². The second-order valence-electron chi connectivity index (χ2n) is 1.23. The van der Waals surface area contributed by atoms with Crippen molar-refractivity contribution in [2.75, 3.05) is 6.61 Å². The van der Waals surface area contributed by atoms with Crippen LogP contribution in [-0.4, -0.2) is 18.0 Å². The maximum Gasteiger partial charge on any atom is 0.157 e. The lowest BCUT2D eigenvalue weighted by atomic mass is 10.8. The first kappa shape index (κ1) is 8.31. The molecule has 0 aliphatic carbocycles. The first-order valence-corrected chi connectivity index (χ1v) is 3.29. The fraction of sp³-hybridized carbons (Fsp3) is 1.00. The van der Waals surface area contributed by atoms with Crippen molar-refractivity contribution in [3.05, 3.63) is 0 Å². The van der Waals surface area contributed by atoms with E-state index in [-0.39, 0.29) is 9.03 Å². The van der Waals surface area contributed by atoms with Crippen molar-refractivity contribution in [3.63, 3.8) is 0 Å². The lowest BCUT2D eigenvalue weighted by Gasteiger charge is -2.03. The maximum absolute atomic E-state index is 8.48. The maximum atomic E-state index is 8.48. The number of rotatable bonds is 4. The zero-order valence-electron chi connectivity index (χ0n) is 5.05. The van der Waals surface area contributed by atoms with Gasteiger partial charge >= 0.3 is 0 Å². The summed E-state index contributed by atoms with van der Waals surface area (Å²) in [5, 5.41) is 8.48. The van der Waals surface area contributed by atoms with E-state index in [2.05, 4.69) is 4.52 Å². The Hall–Kier alpha value is 0.310. The lowest BCUT2D eigenvalue weighted by Crippen LogP contribution is -1.98. The molecule has 0 heterocycles. The minimum absolute atomic E-state index is 0.0374. The van der Waals surface area contributed by atoms with Crippen LogP contribution in [0.4, 0.5) is 0 Å². The molecule has 2 atom stereocenters. The Bertz CT molecular complexity index is 48.5. The minimum Gasteiger partial charge on any atom is -0.368 e. The second kappa shape index (κ2) is 5.45. The third-order valence-corrected chi connectivity index (χ3v) is 1.27. The van der Waals surface area contributed by atoms with E-state index < -0.39 is 6.29 Å². The van der Waals surface area contributed by atoms with Crippen molar-refractivity contribution in [1.82, 2.24) is 0 Å². The van der Waals surface area contributed by atoms with E-state index in [4.69, 9.17) is 9.63 Å². The topological polar surface area (TPSA) is 38.7 Å². The van der Waals surface area contributed by atoms with E-state index >= 15 is 0 Å². The summed E-state index contributed by atoms with van der Waals surface area (Å²) in [4.78, 5) is 0. The first-order chi connectivity index (χ1) is 3.77. The van der Waals surface area contributed by atoms with Gasteiger partial charge in [-0.05, 0) is 13.8 Å². The Kier molecular flexibility index (Phi) is 5.66. The van der Waals surface area contributed by atoms with Crippen molar-refractivity contribution in [1.29, 1.82) is 0 Å². The standard InChI is InChI=1S/C4H11O3P/c1-3-6-8-7-4(2)5/h4-5,8H,3H2,1-2H3. The highest BCUT2D eigenvalue weighted by atomic mass is 31.1. The van der Waals surface area contributed by atoms with Gasteiger partial charge in [0, 0.05) is 0 Å². The van der Waals surface area contributed by atoms with Gasteiger partial charge in [0.05, 0.1) is 6.61 Å². The van der Waals surface area contributed by atoms with E-state index in [1.807, 2.05) is 6.92 Å². The average Bonchev–Trinajstić information content (AvgIpc) is 1.66. The number of hydrogen-bond acceptors (Lipinski definition) is 3. The van der Waals surface area contributed by atoms with Crippen LogP contribution in [0.15, 0.2) is 0 Å². The molecule has 1 N–H and O–H groups in total. The molecule has 0 aromatic rings. The summed E-state index contributed by atoms with van der Waals surface area (Å²) in [5.41, 5.74) is 0. The largest absolute Gasteiger partial charge is 0.368 e. The minimum atomic E-state index is -0.708. The quantitative estimate of drug-likeness (QED) is 0.356. The molecule has 0 bridgehead atoms. The summed E-state index contributed by atoms with van der Waals surface area (Å²) >= 11 is 0. The normalized spacial score (nSPS) is 15.4. The van der Waals surface area contributed by atoms with Gasteiger partial charge in [0.25, 0.3) is 0 Å². The fourth-order valence-corrected chi connectivity index (χ4v) is 0.488. The van der Waals surface area contributed by atoms with E-state index in [9.17, 15) is 0 Å². The van der Waals surface area contributed by atoms with Crippen LogP contribution in [-0.2, 0) is 9.05 Å². The highest BCUT2D eigenvalue weighted by Gasteiger charge is 1.91. The Balaban J connectivity index is 2.72. The van der Waals surface area contributed by atoms with Crippen molar-refractivity contribution >= 4 is 9.03 Å². The molecular formula is C4H11O3P. The molecule has 0 fully saturated rings. The van der Waals surface area contributed by atoms with Gasteiger partial charge in [0.2, 0.25) is 0 Å². The van der Waals surface area contributed by atoms with Crippen LogP contribution >= 0.6 is 9.03 Å². The molecule has 0 rings (SSSR count). The van der Waals surface area contributed by atoms with Crippen molar-refractivity contribution in [3.8, 4) is 0 Å². The molecule has 0 aromatic heterocycles. The molecule has 0 aliphatic heterocycles. The van der Waals surface area contributed by atoms with Gasteiger partial charge in [-0.25, -0.2) is 0 Å². The van der Waals surface area contributed by atoms with Crippen molar-refractivity contribution in [2.45, 2.75) is 20.1 Å². The summed E-state index contributed by atoms with van der Waals surface area (Å²) in [6, 6.07) is 0. The molecule has 0 amide bonds. The summed E-state index contributed by atoms with van der Waals surface area (Å²) in [7, 11) is -0.0374. The van der Waals surface area contributed by atoms with Crippen molar-refractivity contribution < 1.29 is 14.2 Å². The molecule has 0 saturated carbocycles. The van der Waals surface area contributed by atoms with Gasteiger partial charge in [0.15, 0.2) is 15.3 Å². The average molecular weight is 138 g/mol. The smallest absolute Gasteiger partial charge is 0.157 e. The second-order valence-corrected chi connectivity index (χ2v) is 1.92. The zero-order valence-corrected chi connectivity index (χ0v) is 6.05. The SMILES string of the molecule is CCOPOC(C)O. The summed E-state index contributed by atoms with van der Waals surface area (Å²) < 4.78 is 9.43. The van der Waals surface area contributed by atoms with E-state index in [1.54, 1.807) is 6.92 Å². The molecule has 50 valence electrons. The number of hydrogen-bond donors (Lipinski definition) is 1. The summed E-state index contributed by atoms with van der Waals surface area (Å²) in [5.74, 6) is 0. The van der Waals surface area contributed by atoms with Gasteiger partial charge in [0.1, 0.15) is 0 Å². The highest BCUT2D eigenvalue weighted by molar-refractivity contribution is 7.26. The summed E-state index contributed by atoms with van der Waals surface area (Å²) in [6.45, 7) is 4.05. The molecular weight excluding hydrogens is 127 g/mol. The van der Waals surface area contributed by atoms with Gasteiger partial charge < -0.3 is 14.2 Å². The molecule has 0 aliphatic rings. The van der Waals surface area contributed by atoms with Crippen LogP contribution in [0.3, 0.4) is 0 Å². The van der Waals surface area contributed by atoms with E-state index in [0.717, 1.165) is 0 Å². The van der Waals surface area contributed by atoms with Gasteiger partial charge in [-0.3, -0.25) is 0 Å². The Labute approximate surface area is 50.9 Å². The van der Waals surface area contributed by atoms with Crippen LogP contribution in [0.5, 0.6) is 0 Å². The predicted octanol–water partition coefficient (Wildman–Crippen LogP) is 0.886. The van der Waals surface area contributed by atoms with Crippen molar-refractivity contribution in [2.24, 2.45) is 0 Å². The fourth-order valence-electron chi connectivity index (χ4n) is 0.163. The van der Waals surface area contributed by atoms with Gasteiger partial charge in [-0.15, -0.1) is 0 Å². The molecule has 3 nitrogen and oxygen atoms in total. The van der Waals surface area contributed by atoms with Crippen LogP contribution < -0.4 is 0 Å². The first-order valence-electron chi connectivity index (χ1n) is 2.48. The highest BCUT2D eigenvalue weighted by Crippen LogP contribution is 2.14. The van der Waals surface area contributed by atoms with Gasteiger partial charge in [-0.1, -0.05) is 0 Å². The third kappa shape index (κ3) is 6.31. The predicted molar refractivity (Wildman–Crippen MR) is 32.7 cm³/mol. The van der Waals surface area contributed by atoms with Crippen LogP contribution in [0.25, 0.3) is 0 Å². The Morgan fingerprint density at radius 3 is 2.75 bits per heavy atom. The molecule has 8 heavy (non-hydrogen) atoms. The van der Waals surface area contributed by atoms with E-state index in [0.29, 0.717) is 6.61 Å². The van der Waals surface area contributed by atoms with Crippen LogP contribution in [0.1, 0.15) is 13.8 Å². The molecule has 0 radical (unpaired) electrons. The Morgan fingerprint density at radius 2 is 2.38 bits per heavy atom. The summed E-state index contributed by atoms with van der Waals surface area (Å²) in [6.07, 6.45) is -0.708. The van der Waals surface area contributed by atoms with Gasteiger partial charge in [-0.2, -0.15) is 0 Å². The molecule has 0 spiro atoms. The lowest BCUT2D eigenvalue weighted by molar-refractivity contribution is 0.00289. The number of aliphatic hydroxyl groups excluding tert-OH is 1. The monoisotopic (exact) mass is 138 g/mol. The molecule has 0 saturated heterocycles. The number of aliphatic hydroxyl groups is 1. The molecule has 0 aromatic carbocycles. The molecule has 4 heteroatoms.